The first-order chi connectivity index (χ1) is 12.1. The fourth-order valence-corrected chi connectivity index (χ4v) is 3.55. The zero-order valence-corrected chi connectivity index (χ0v) is 14.7. The van der Waals surface area contributed by atoms with E-state index in [2.05, 4.69) is 15.6 Å². The standard InChI is InChI=1S/C19H15Cl2N3O/c20-15-7-14-13(5-6-23-17(14)8-16(15)21)19(25)24-18-10-22-9-11-3-1-2-4-12(11)18/h1-4,7-10,13,23H,5-6H2,(H,24,25)/t13-/m0/s1. The average molecular weight is 372 g/mol. The number of fused-ring (bicyclic) bond motifs is 2. The number of hydrogen-bond acceptors (Lipinski definition) is 3. The molecule has 25 heavy (non-hydrogen) atoms. The van der Waals surface area contributed by atoms with Crippen molar-refractivity contribution in [3.8, 4) is 0 Å². The van der Waals surface area contributed by atoms with Crippen molar-refractivity contribution in [3.05, 3.63) is 64.4 Å². The number of nitrogens with one attached hydrogen (secondary N) is 2. The third-order valence-electron chi connectivity index (χ3n) is 4.46. The third kappa shape index (κ3) is 3.03. The molecule has 6 heteroatoms. The highest BCUT2D eigenvalue weighted by molar-refractivity contribution is 6.42. The highest BCUT2D eigenvalue weighted by Gasteiger charge is 2.28. The number of aromatic nitrogens is 1. The number of anilines is 2. The summed E-state index contributed by atoms with van der Waals surface area (Å²) in [6.45, 7) is 0.705. The minimum absolute atomic E-state index is 0.0701. The maximum absolute atomic E-state index is 12.9. The van der Waals surface area contributed by atoms with E-state index < -0.39 is 0 Å². The van der Waals surface area contributed by atoms with Gasteiger partial charge in [0.1, 0.15) is 0 Å². The van der Waals surface area contributed by atoms with Crippen molar-refractivity contribution in [1.29, 1.82) is 0 Å². The number of benzene rings is 2. The molecule has 1 amide bonds. The van der Waals surface area contributed by atoms with E-state index in [1.54, 1.807) is 24.5 Å². The Hall–Kier alpha value is -2.30. The molecule has 0 saturated carbocycles. The van der Waals surface area contributed by atoms with Crippen molar-refractivity contribution in [2.24, 2.45) is 0 Å². The Morgan fingerprint density at radius 2 is 1.96 bits per heavy atom. The highest BCUT2D eigenvalue weighted by Crippen LogP contribution is 2.38. The lowest BCUT2D eigenvalue weighted by Gasteiger charge is -2.26. The van der Waals surface area contributed by atoms with Crippen LogP contribution in [0.5, 0.6) is 0 Å². The Morgan fingerprint density at radius 3 is 2.84 bits per heavy atom. The number of hydrogen-bond donors (Lipinski definition) is 2. The van der Waals surface area contributed by atoms with Crippen LogP contribution < -0.4 is 10.6 Å². The van der Waals surface area contributed by atoms with Crippen LogP contribution >= 0.6 is 23.2 Å². The Morgan fingerprint density at radius 1 is 1.16 bits per heavy atom. The molecule has 2 heterocycles. The molecule has 4 rings (SSSR count). The number of carbonyl (C=O) groups is 1. The van der Waals surface area contributed by atoms with Gasteiger partial charge in [0, 0.05) is 29.2 Å². The summed E-state index contributed by atoms with van der Waals surface area (Å²) >= 11 is 12.2. The molecule has 0 spiro atoms. The van der Waals surface area contributed by atoms with E-state index in [1.807, 2.05) is 24.3 Å². The van der Waals surface area contributed by atoms with Gasteiger partial charge >= 0.3 is 0 Å². The van der Waals surface area contributed by atoms with Gasteiger partial charge in [-0.25, -0.2) is 0 Å². The van der Waals surface area contributed by atoms with E-state index in [4.69, 9.17) is 23.2 Å². The normalized spacial score (nSPS) is 16.2. The second-order valence-corrected chi connectivity index (χ2v) is 6.83. The van der Waals surface area contributed by atoms with Crippen LogP contribution in [0.1, 0.15) is 17.9 Å². The first-order valence-electron chi connectivity index (χ1n) is 8.00. The maximum atomic E-state index is 12.9. The summed E-state index contributed by atoms with van der Waals surface area (Å²) in [7, 11) is 0. The van der Waals surface area contributed by atoms with E-state index in [1.165, 1.54) is 0 Å². The average Bonchev–Trinajstić information content (AvgIpc) is 2.62. The monoisotopic (exact) mass is 371 g/mol. The summed E-state index contributed by atoms with van der Waals surface area (Å²) in [5.74, 6) is -0.357. The lowest BCUT2D eigenvalue weighted by atomic mass is 9.90. The van der Waals surface area contributed by atoms with Crippen molar-refractivity contribution in [1.82, 2.24) is 4.98 Å². The third-order valence-corrected chi connectivity index (χ3v) is 5.18. The molecule has 0 aliphatic carbocycles. The molecule has 1 aromatic heterocycles. The van der Waals surface area contributed by atoms with Crippen molar-refractivity contribution in [3.63, 3.8) is 0 Å². The molecule has 1 atom stereocenters. The number of rotatable bonds is 2. The van der Waals surface area contributed by atoms with Crippen LogP contribution in [0.15, 0.2) is 48.8 Å². The van der Waals surface area contributed by atoms with Crippen molar-refractivity contribution >= 4 is 51.3 Å². The topological polar surface area (TPSA) is 54.0 Å². The smallest absolute Gasteiger partial charge is 0.232 e. The number of pyridine rings is 1. The highest BCUT2D eigenvalue weighted by atomic mass is 35.5. The number of halogens is 2. The van der Waals surface area contributed by atoms with E-state index in [-0.39, 0.29) is 11.8 Å². The lowest BCUT2D eigenvalue weighted by Crippen LogP contribution is -2.27. The maximum Gasteiger partial charge on any atom is 0.232 e. The zero-order valence-electron chi connectivity index (χ0n) is 13.2. The molecule has 0 bridgehead atoms. The lowest BCUT2D eigenvalue weighted by molar-refractivity contribution is -0.117. The van der Waals surface area contributed by atoms with Gasteiger partial charge in [0.25, 0.3) is 0 Å². The number of nitrogens with zero attached hydrogens (tertiary/aromatic N) is 1. The fourth-order valence-electron chi connectivity index (χ4n) is 3.22. The van der Waals surface area contributed by atoms with E-state index in [0.717, 1.165) is 22.0 Å². The largest absolute Gasteiger partial charge is 0.385 e. The molecule has 3 aromatic rings. The van der Waals surface area contributed by atoms with Crippen LogP contribution in [0.3, 0.4) is 0 Å². The summed E-state index contributed by atoms with van der Waals surface area (Å²) in [5.41, 5.74) is 2.44. The molecule has 1 aliphatic rings. The SMILES string of the molecule is O=C(Nc1cncc2ccccc12)[C@H]1CCNc2cc(Cl)c(Cl)cc21. The minimum Gasteiger partial charge on any atom is -0.385 e. The molecule has 2 N–H and O–H groups in total. The molecule has 0 radical (unpaired) electrons. The number of amides is 1. The van der Waals surface area contributed by atoms with Crippen molar-refractivity contribution in [2.75, 3.05) is 17.2 Å². The van der Waals surface area contributed by atoms with E-state index in [9.17, 15) is 4.79 Å². The second kappa shape index (κ2) is 6.54. The molecule has 1 aliphatic heterocycles. The summed E-state index contributed by atoms with van der Waals surface area (Å²) in [4.78, 5) is 17.1. The summed E-state index contributed by atoms with van der Waals surface area (Å²) in [6, 6.07) is 11.4. The minimum atomic E-state index is -0.287. The van der Waals surface area contributed by atoms with Gasteiger partial charge in [-0.15, -0.1) is 0 Å². The van der Waals surface area contributed by atoms with Gasteiger partial charge in [0.05, 0.1) is 27.8 Å². The van der Waals surface area contributed by atoms with Crippen LogP contribution in [0, 0.1) is 0 Å². The predicted octanol–water partition coefficient (Wildman–Crippen LogP) is 5.08. The van der Waals surface area contributed by atoms with Gasteiger partial charge in [-0.05, 0) is 24.1 Å². The molecule has 4 nitrogen and oxygen atoms in total. The van der Waals surface area contributed by atoms with Gasteiger partial charge in [-0.3, -0.25) is 9.78 Å². The van der Waals surface area contributed by atoms with E-state index >= 15 is 0 Å². The molecule has 2 aromatic carbocycles. The first kappa shape index (κ1) is 16.2. The Labute approximate surface area is 155 Å². The quantitative estimate of drug-likeness (QED) is 0.660. The molecule has 0 unspecified atom stereocenters. The van der Waals surface area contributed by atoms with Gasteiger partial charge < -0.3 is 10.6 Å². The Balaban J connectivity index is 1.67. The summed E-state index contributed by atoms with van der Waals surface area (Å²) in [5, 5.41) is 9.18. The van der Waals surface area contributed by atoms with Gasteiger partial charge in [-0.1, -0.05) is 47.5 Å². The fraction of sp³-hybridized carbons (Fsp3) is 0.158. The van der Waals surface area contributed by atoms with Gasteiger partial charge in [0.2, 0.25) is 5.91 Å². The zero-order chi connectivity index (χ0) is 17.4. The van der Waals surface area contributed by atoms with Crippen LogP contribution in [0.4, 0.5) is 11.4 Å². The predicted molar refractivity (Wildman–Crippen MR) is 103 cm³/mol. The van der Waals surface area contributed by atoms with Gasteiger partial charge in [0.15, 0.2) is 0 Å². The molecule has 126 valence electrons. The molecule has 0 fully saturated rings. The Bertz CT molecular complexity index is 969. The first-order valence-corrected chi connectivity index (χ1v) is 8.75. The van der Waals surface area contributed by atoms with Gasteiger partial charge in [-0.2, -0.15) is 0 Å². The van der Waals surface area contributed by atoms with Crippen LogP contribution in [0.25, 0.3) is 10.8 Å². The second-order valence-electron chi connectivity index (χ2n) is 6.02. The van der Waals surface area contributed by atoms with Crippen molar-refractivity contribution < 1.29 is 4.79 Å². The molecular formula is C19H15Cl2N3O. The number of carbonyl (C=O) groups excluding carboxylic acids is 1. The molecule has 0 saturated heterocycles. The van der Waals surface area contributed by atoms with Crippen LogP contribution in [0.2, 0.25) is 10.0 Å². The van der Waals surface area contributed by atoms with Crippen molar-refractivity contribution in [2.45, 2.75) is 12.3 Å². The molecular weight excluding hydrogens is 357 g/mol. The summed E-state index contributed by atoms with van der Waals surface area (Å²) < 4.78 is 0. The van der Waals surface area contributed by atoms with Crippen LogP contribution in [-0.2, 0) is 4.79 Å². The summed E-state index contributed by atoms with van der Waals surface area (Å²) in [6.07, 6.45) is 4.15. The van der Waals surface area contributed by atoms with Crippen LogP contribution in [-0.4, -0.2) is 17.4 Å². The Kier molecular flexibility index (Phi) is 4.24. The van der Waals surface area contributed by atoms with E-state index in [0.29, 0.717) is 28.7 Å².